The third kappa shape index (κ3) is 19.0. The van der Waals surface area contributed by atoms with Crippen LogP contribution in [0, 0.1) is 24.5 Å². The lowest BCUT2D eigenvalue weighted by Crippen LogP contribution is -2.40. The van der Waals surface area contributed by atoms with Gasteiger partial charge in [0.1, 0.15) is 24.7 Å². The molecule has 0 N–H and O–H groups in total. The van der Waals surface area contributed by atoms with Crippen molar-refractivity contribution in [3.8, 4) is 22.3 Å². The van der Waals surface area contributed by atoms with E-state index in [4.69, 9.17) is 49.3 Å². The van der Waals surface area contributed by atoms with Gasteiger partial charge in [0.25, 0.3) is 11.1 Å². The van der Waals surface area contributed by atoms with Gasteiger partial charge >= 0.3 is 12.4 Å². The molecule has 96 heavy (non-hydrogen) atoms. The number of thioether (sulfide) groups is 2. The lowest BCUT2D eigenvalue weighted by molar-refractivity contribution is -0.138. The SMILES string of the molecule is [2H]c1c([2H])c(C([2H])([2H])Sc2nc(=O)c3c(n2CC(=O)N(C([2H])([2H])c2c([2H])c([2H])c(-c4c([2H])c([2H])c(C(F)(F)F)c([2H])c4[2H])c([2H])c2C)C([2H])([2H])C([2H])([2H])N(C([2H])([2H])C)C([2H])([2H])C)CCC3)c([2H])c([2H])c1F.[2H]c1c([2H])c(C([2H])([2H])Sc2nc(=O)c3c(n2CC(=O)N(C([2H])([2H])c2ccc(-c4ccc(C(F)(F)F)cc4)cc2)C([2H])([2H])C([2H])([2H])N(C([2H])([2H])C)C([2H])([2H])C)C([2H])([2H])C([2H])(C)C3([2H])[2H])c([2H])c([2H])c1F. The van der Waals surface area contributed by atoms with E-state index in [1.807, 2.05) is 0 Å². The number of nitrogens with zero attached hydrogens (tertiary/aromatic N) is 8. The predicted octanol–water partition coefficient (Wildman–Crippen LogP) is 15.0. The summed E-state index contributed by atoms with van der Waals surface area (Å²) in [6.07, 6.45) is -16.9. The second kappa shape index (κ2) is 32.9. The zero-order chi connectivity index (χ0) is 108. The summed E-state index contributed by atoms with van der Waals surface area (Å²) in [4.78, 5) is 63.3. The lowest BCUT2D eigenvalue weighted by atomic mass is 9.98. The summed E-state index contributed by atoms with van der Waals surface area (Å²) in [5.74, 6) is -10.3. The smallest absolute Gasteiger partial charge is 0.336 e. The van der Waals surface area contributed by atoms with Crippen LogP contribution >= 0.6 is 23.5 Å². The van der Waals surface area contributed by atoms with Crippen molar-refractivity contribution in [2.24, 2.45) is 5.89 Å². The second-order valence-electron chi connectivity index (χ2n) is 19.6. The molecule has 10 rings (SSSR count). The Morgan fingerprint density at radius 2 is 1.04 bits per heavy atom. The van der Waals surface area contributed by atoms with E-state index in [1.165, 1.54) is 0 Å². The summed E-state index contributed by atoms with van der Waals surface area (Å²) >= 11 is -0.483. The number of fused-ring (bicyclic) bond motifs is 2. The van der Waals surface area contributed by atoms with Gasteiger partial charge in [-0.05, 0) is 169 Å². The molecule has 0 bridgehead atoms. The van der Waals surface area contributed by atoms with Gasteiger partial charge in [0.15, 0.2) is 10.3 Å². The lowest BCUT2D eigenvalue weighted by Gasteiger charge is -2.28. The Labute approximate surface area is 625 Å². The van der Waals surface area contributed by atoms with Gasteiger partial charge in [0, 0.05) is 102 Å². The predicted molar refractivity (Wildman–Crippen MR) is 362 cm³/mol. The van der Waals surface area contributed by atoms with Crippen LogP contribution in [0.1, 0.15) is 163 Å². The first-order valence-corrected chi connectivity index (χ1v) is 29.4. The third-order valence-corrected chi connectivity index (χ3v) is 14.8. The van der Waals surface area contributed by atoms with E-state index in [0.29, 0.717) is 34.6 Å². The minimum atomic E-state index is -5.44. The monoisotopic (exact) mass is 1400 g/mol. The van der Waals surface area contributed by atoms with Gasteiger partial charge in [-0.2, -0.15) is 36.3 Å². The van der Waals surface area contributed by atoms with Crippen molar-refractivity contribution < 1.29 is 105 Å². The Kier molecular flexibility index (Phi) is 11.7. The van der Waals surface area contributed by atoms with E-state index < -0.39 is 327 Å². The van der Waals surface area contributed by atoms with Crippen molar-refractivity contribution in [3.63, 3.8) is 0 Å². The molecule has 0 saturated carbocycles. The number of hydrogen-bond acceptors (Lipinski definition) is 10. The van der Waals surface area contributed by atoms with Crippen LogP contribution in [0.4, 0.5) is 35.1 Å². The average molecular weight is 1410 g/mol. The van der Waals surface area contributed by atoms with Crippen LogP contribution in [0.2, 0.25) is 0 Å². The molecule has 0 saturated heterocycles. The molecule has 8 aromatic rings. The molecule has 2 aliphatic carbocycles. The summed E-state index contributed by atoms with van der Waals surface area (Å²) in [6, 6.07) is -12.9. The van der Waals surface area contributed by atoms with E-state index >= 15 is 9.59 Å². The summed E-state index contributed by atoms with van der Waals surface area (Å²) in [5, 5.41) is -2.03. The molecular formula is C74H80F8N8O4S2. The van der Waals surface area contributed by atoms with Gasteiger partial charge in [-0.25, -0.2) is 8.78 Å². The second-order valence-corrected chi connectivity index (χ2v) is 21.1. The fourth-order valence-electron chi connectivity index (χ4n) is 8.63. The van der Waals surface area contributed by atoms with Crippen molar-refractivity contribution >= 4 is 35.3 Å². The largest absolute Gasteiger partial charge is 0.416 e. The normalized spacial score (nSPS) is 23.9. The fourth-order valence-corrected chi connectivity index (χ4v) is 10.0. The van der Waals surface area contributed by atoms with Crippen LogP contribution < -0.4 is 11.1 Å². The highest BCUT2D eigenvalue weighted by molar-refractivity contribution is 7.98. The number of carbonyl (C=O) groups excluding carboxylic acids is 2. The van der Waals surface area contributed by atoms with Crippen LogP contribution in [0.3, 0.4) is 0 Å². The summed E-state index contributed by atoms with van der Waals surface area (Å²) in [7, 11) is 0. The minimum Gasteiger partial charge on any atom is -0.336 e. The fraction of sp³-hybridized carbons (Fsp3) is 0.378. The van der Waals surface area contributed by atoms with Gasteiger partial charge in [0.05, 0.1) is 42.7 Å². The maximum Gasteiger partial charge on any atom is 0.416 e. The Morgan fingerprint density at radius 1 is 0.573 bits per heavy atom. The first-order valence-electron chi connectivity index (χ1n) is 49.8. The average Bonchev–Trinajstić information content (AvgIpc) is 1.52. The molecule has 22 heteroatoms. The van der Waals surface area contributed by atoms with Crippen molar-refractivity contribution in [2.75, 3.05) is 52.0 Å². The van der Waals surface area contributed by atoms with Gasteiger partial charge in [-0.15, -0.1) is 0 Å². The number of benzene rings is 6. The molecule has 2 aromatic heterocycles. The molecule has 0 spiro atoms. The molecule has 0 radical (unpaired) electrons. The number of alkyl halides is 6. The third-order valence-electron chi connectivity index (χ3n) is 13.2. The molecule has 2 heterocycles. The van der Waals surface area contributed by atoms with E-state index in [1.54, 1.807) is 0 Å². The quantitative estimate of drug-likeness (QED) is 0.0295. The van der Waals surface area contributed by atoms with E-state index in [-0.39, 0.29) is 79.5 Å². The molecule has 2 amide bonds. The molecule has 508 valence electrons. The summed E-state index contributed by atoms with van der Waals surface area (Å²) in [5.41, 5.74) is -22.2. The van der Waals surface area contributed by atoms with Crippen LogP contribution in [0.5, 0.6) is 0 Å². The molecule has 0 fully saturated rings. The van der Waals surface area contributed by atoms with Crippen molar-refractivity contribution in [1.82, 2.24) is 38.7 Å². The van der Waals surface area contributed by atoms with Gasteiger partial charge in [-0.3, -0.25) is 19.2 Å². The maximum absolute atomic E-state index is 15.2. The summed E-state index contributed by atoms with van der Waals surface area (Å²) in [6.45, 7) is -37.0. The van der Waals surface area contributed by atoms with E-state index in [2.05, 4.69) is 9.97 Å². The van der Waals surface area contributed by atoms with E-state index in [9.17, 15) is 55.7 Å². The minimum absolute atomic E-state index is 0.0297. The van der Waals surface area contributed by atoms with E-state index in [0.717, 1.165) is 60.0 Å². The zero-order valence-electron chi connectivity index (χ0n) is 94.7. The van der Waals surface area contributed by atoms with Crippen LogP contribution in [-0.4, -0.2) is 102 Å². The van der Waals surface area contributed by atoms with Gasteiger partial charge in [0.2, 0.25) is 11.8 Å². The number of likely N-dealkylation sites (N-methyl/N-ethyl adjacent to an activating group) is 2. The molecule has 12 nitrogen and oxygen atoms in total. The van der Waals surface area contributed by atoms with Crippen LogP contribution in [0.15, 0.2) is 159 Å². The first kappa shape index (κ1) is 34.0. The van der Waals surface area contributed by atoms with Gasteiger partial charge < -0.3 is 28.7 Å². The zero-order valence-corrected chi connectivity index (χ0v) is 52.3. The Hall–Kier alpha value is -7.92. The molecule has 0 aliphatic heterocycles. The highest BCUT2D eigenvalue weighted by atomic mass is 32.2. The van der Waals surface area contributed by atoms with Crippen molar-refractivity contribution in [1.29, 1.82) is 0 Å². The molecule has 1 atom stereocenters. The summed E-state index contributed by atoms with van der Waals surface area (Å²) < 4.78 is 492. The number of halogens is 8. The molecule has 6 aromatic carbocycles. The number of amides is 2. The van der Waals surface area contributed by atoms with Crippen molar-refractivity contribution in [3.05, 3.63) is 233 Å². The van der Waals surface area contributed by atoms with Crippen LogP contribution in [0.25, 0.3) is 22.3 Å². The first-order chi connectivity index (χ1) is 62.8. The van der Waals surface area contributed by atoms with Crippen molar-refractivity contribution in [2.45, 2.75) is 134 Å². The highest BCUT2D eigenvalue weighted by Gasteiger charge is 2.33. The number of rotatable bonds is 26. The molecular weight excluding hydrogens is 1280 g/mol. The Balaban J connectivity index is 0.000000313. The highest BCUT2D eigenvalue weighted by Crippen LogP contribution is 2.35. The van der Waals surface area contributed by atoms with Gasteiger partial charge in [-0.1, -0.05) is 149 Å². The molecule has 2 aliphatic rings. The number of aromatic nitrogens is 4. The Bertz CT molecular complexity index is 6300. The van der Waals surface area contributed by atoms with Crippen LogP contribution in [-0.2, 0) is 85.0 Å². The maximum atomic E-state index is 15.2. The number of hydrogen-bond donors (Lipinski definition) is 0. The molecule has 1 unspecified atom stereocenters. The number of carbonyl (C=O) groups is 2. The topological polar surface area (TPSA) is 117 Å². The standard InChI is InChI=1S/2C37H40F4N4O2S/c1-4-43(5-2)18-19-44(22-26-6-10-28(11-7-26)29-12-14-30(15-13-29)37(39,40)41)34(46)23-45-33-21-25(3)20-32(33)35(47)42-36(45)48-24-27-8-16-31(38)17-9-27;1-4-43(5-2)19-20-44(22-29-12-11-28(21-25(29)3)27-13-15-30(16-14-27)37(39,40)41)34(46)23-45-33-8-6-7-32(33)35(47)42-36(45)48-24-26-9-17-31(38)18-10-26/h6-17,25H,4-5,18-24H2,1-3H3;9-18,21H,4-8,19-20,22-24H2,1-3H3/i4D2,5D2,8D,9D,16D,17D,18D2,19D2,20D2,21D2,22D2,24D2,25D;4D2,5D2,9D,10D,11D,12D,13D,14D,15D,16D,17D,18D,19D2,20D2,21D,22D2,24D2. The Morgan fingerprint density at radius 3 is 1.54 bits per heavy atom.